The van der Waals surface area contributed by atoms with Crippen molar-refractivity contribution in [2.45, 2.75) is 20.3 Å². The highest BCUT2D eigenvalue weighted by atomic mass is 19.1. The summed E-state index contributed by atoms with van der Waals surface area (Å²) in [5, 5.41) is 0. The number of benzene rings is 1. The first-order valence-electron chi connectivity index (χ1n) is 4.37. The minimum Gasteiger partial charge on any atom is -0.298 e. The molecule has 0 bridgehead atoms. The van der Waals surface area contributed by atoms with Crippen LogP contribution >= 0.6 is 0 Å². The molecule has 0 aliphatic carbocycles. The molecule has 0 saturated carbocycles. The number of carbonyl (C=O) groups excluding carboxylic acids is 1. The number of rotatable bonds is 3. The van der Waals surface area contributed by atoms with Crippen molar-refractivity contribution in [2.75, 3.05) is 0 Å². The van der Waals surface area contributed by atoms with E-state index < -0.39 is 0 Å². The van der Waals surface area contributed by atoms with Crippen LogP contribution in [0.2, 0.25) is 0 Å². The van der Waals surface area contributed by atoms with Crippen LogP contribution in [0, 0.1) is 11.7 Å². The highest BCUT2D eigenvalue weighted by molar-refractivity contribution is 5.75. The Kier molecular flexibility index (Phi) is 3.18. The molecule has 0 radical (unpaired) electrons. The molecule has 0 aromatic heterocycles. The largest absolute Gasteiger partial charge is 0.298 e. The lowest BCUT2D eigenvalue weighted by Crippen LogP contribution is -2.00. The van der Waals surface area contributed by atoms with Crippen LogP contribution in [0.4, 0.5) is 4.39 Å². The third-order valence-electron chi connectivity index (χ3n) is 1.86. The zero-order chi connectivity index (χ0) is 9.84. The van der Waals surface area contributed by atoms with Gasteiger partial charge in [0.05, 0.1) is 5.56 Å². The zero-order valence-electron chi connectivity index (χ0n) is 7.88. The van der Waals surface area contributed by atoms with Gasteiger partial charge in [0.25, 0.3) is 0 Å². The molecule has 70 valence electrons. The Morgan fingerprint density at radius 3 is 2.69 bits per heavy atom. The van der Waals surface area contributed by atoms with Crippen LogP contribution in [0.15, 0.2) is 18.2 Å². The van der Waals surface area contributed by atoms with E-state index in [4.69, 9.17) is 0 Å². The molecule has 0 spiro atoms. The summed E-state index contributed by atoms with van der Waals surface area (Å²) in [4.78, 5) is 10.4. The Bertz CT molecular complexity index is 305. The van der Waals surface area contributed by atoms with Crippen molar-refractivity contribution in [1.29, 1.82) is 0 Å². The summed E-state index contributed by atoms with van der Waals surface area (Å²) < 4.78 is 13.4. The second-order valence-corrected chi connectivity index (χ2v) is 3.54. The van der Waals surface area contributed by atoms with Crippen LogP contribution in [-0.2, 0) is 6.42 Å². The Labute approximate surface area is 77.6 Å². The van der Waals surface area contributed by atoms with Crippen molar-refractivity contribution in [1.82, 2.24) is 0 Å². The predicted octanol–water partition coefficient (Wildman–Crippen LogP) is 2.84. The third-order valence-corrected chi connectivity index (χ3v) is 1.86. The van der Waals surface area contributed by atoms with Crippen molar-refractivity contribution in [2.24, 2.45) is 5.92 Å². The van der Waals surface area contributed by atoms with E-state index in [0.717, 1.165) is 0 Å². The van der Waals surface area contributed by atoms with Crippen LogP contribution < -0.4 is 0 Å². The third kappa shape index (κ3) is 2.38. The SMILES string of the molecule is CC(C)Cc1cccc(C=O)c1F. The van der Waals surface area contributed by atoms with Gasteiger partial charge in [-0.1, -0.05) is 26.0 Å². The molecule has 0 aliphatic heterocycles. The molecule has 1 rings (SSSR count). The van der Waals surface area contributed by atoms with Gasteiger partial charge < -0.3 is 0 Å². The fraction of sp³-hybridized carbons (Fsp3) is 0.364. The Morgan fingerprint density at radius 1 is 1.46 bits per heavy atom. The monoisotopic (exact) mass is 180 g/mol. The Hall–Kier alpha value is -1.18. The van der Waals surface area contributed by atoms with Crippen LogP contribution in [0.5, 0.6) is 0 Å². The van der Waals surface area contributed by atoms with Crippen molar-refractivity contribution in [3.8, 4) is 0 Å². The molecule has 0 amide bonds. The van der Waals surface area contributed by atoms with Gasteiger partial charge in [0.1, 0.15) is 5.82 Å². The Balaban J connectivity index is 3.01. The van der Waals surface area contributed by atoms with Crippen LogP contribution in [0.25, 0.3) is 0 Å². The summed E-state index contributed by atoms with van der Waals surface area (Å²) in [7, 11) is 0. The van der Waals surface area contributed by atoms with E-state index in [1.54, 1.807) is 12.1 Å². The minimum atomic E-state index is -0.369. The van der Waals surface area contributed by atoms with E-state index in [1.807, 2.05) is 13.8 Å². The first-order valence-corrected chi connectivity index (χ1v) is 4.37. The first-order chi connectivity index (χ1) is 6.15. The van der Waals surface area contributed by atoms with Crippen LogP contribution in [0.1, 0.15) is 29.8 Å². The summed E-state index contributed by atoms with van der Waals surface area (Å²) in [6.07, 6.45) is 1.23. The van der Waals surface area contributed by atoms with Crippen molar-refractivity contribution in [3.63, 3.8) is 0 Å². The maximum absolute atomic E-state index is 13.4. The van der Waals surface area contributed by atoms with Crippen molar-refractivity contribution < 1.29 is 9.18 Å². The van der Waals surface area contributed by atoms with Gasteiger partial charge in [-0.05, 0) is 24.0 Å². The molecule has 0 saturated heterocycles. The average Bonchev–Trinajstić information content (AvgIpc) is 2.08. The standard InChI is InChI=1S/C11H13FO/c1-8(2)6-9-4-3-5-10(7-13)11(9)12/h3-5,7-8H,6H2,1-2H3. The summed E-state index contributed by atoms with van der Waals surface area (Å²) in [5.41, 5.74) is 0.776. The fourth-order valence-corrected chi connectivity index (χ4v) is 1.29. The molecule has 0 heterocycles. The van der Waals surface area contributed by atoms with Gasteiger partial charge in [-0.15, -0.1) is 0 Å². The molecule has 2 heteroatoms. The lowest BCUT2D eigenvalue weighted by molar-refractivity contribution is 0.111. The fourth-order valence-electron chi connectivity index (χ4n) is 1.29. The van der Waals surface area contributed by atoms with E-state index in [9.17, 15) is 9.18 Å². The number of carbonyl (C=O) groups is 1. The number of aldehydes is 1. The Morgan fingerprint density at radius 2 is 2.15 bits per heavy atom. The highest BCUT2D eigenvalue weighted by Crippen LogP contribution is 2.15. The van der Waals surface area contributed by atoms with Gasteiger partial charge in [-0.25, -0.2) is 4.39 Å². The van der Waals surface area contributed by atoms with E-state index >= 15 is 0 Å². The first kappa shape index (κ1) is 9.90. The smallest absolute Gasteiger partial charge is 0.153 e. The molecule has 0 N–H and O–H groups in total. The molecular formula is C11H13FO. The zero-order valence-corrected chi connectivity index (χ0v) is 7.88. The van der Waals surface area contributed by atoms with Gasteiger partial charge in [-0.2, -0.15) is 0 Å². The maximum Gasteiger partial charge on any atom is 0.153 e. The van der Waals surface area contributed by atoms with Gasteiger partial charge in [0, 0.05) is 0 Å². The molecule has 0 atom stereocenters. The molecule has 1 aromatic rings. The maximum atomic E-state index is 13.4. The quantitative estimate of drug-likeness (QED) is 0.654. The van der Waals surface area contributed by atoms with Crippen molar-refractivity contribution >= 4 is 6.29 Å². The summed E-state index contributed by atoms with van der Waals surface area (Å²) in [5.74, 6) is 0.0302. The number of hydrogen-bond donors (Lipinski definition) is 0. The predicted molar refractivity (Wildman–Crippen MR) is 50.3 cm³/mol. The molecule has 1 aromatic carbocycles. The molecular weight excluding hydrogens is 167 g/mol. The summed E-state index contributed by atoms with van der Waals surface area (Å²) in [6, 6.07) is 4.93. The van der Waals surface area contributed by atoms with Gasteiger partial charge in [0.15, 0.2) is 6.29 Å². The number of hydrogen-bond acceptors (Lipinski definition) is 1. The lowest BCUT2D eigenvalue weighted by Gasteiger charge is -2.06. The van der Waals surface area contributed by atoms with E-state index in [1.165, 1.54) is 6.07 Å². The van der Waals surface area contributed by atoms with Crippen LogP contribution in [0.3, 0.4) is 0 Å². The molecule has 13 heavy (non-hydrogen) atoms. The molecule has 0 aliphatic rings. The molecule has 0 fully saturated rings. The molecule has 0 unspecified atom stereocenters. The normalized spacial score (nSPS) is 10.5. The topological polar surface area (TPSA) is 17.1 Å². The second-order valence-electron chi connectivity index (χ2n) is 3.54. The minimum absolute atomic E-state index is 0.151. The molecule has 1 nitrogen and oxygen atoms in total. The van der Waals surface area contributed by atoms with Gasteiger partial charge in [0.2, 0.25) is 0 Å². The highest BCUT2D eigenvalue weighted by Gasteiger charge is 2.07. The van der Waals surface area contributed by atoms with Crippen molar-refractivity contribution in [3.05, 3.63) is 35.1 Å². The summed E-state index contributed by atoms with van der Waals surface area (Å²) >= 11 is 0. The van der Waals surface area contributed by atoms with E-state index in [0.29, 0.717) is 24.2 Å². The van der Waals surface area contributed by atoms with E-state index in [2.05, 4.69) is 0 Å². The average molecular weight is 180 g/mol. The van der Waals surface area contributed by atoms with E-state index in [-0.39, 0.29) is 11.4 Å². The second kappa shape index (κ2) is 4.17. The lowest BCUT2D eigenvalue weighted by atomic mass is 10.0. The van der Waals surface area contributed by atoms with Gasteiger partial charge in [-0.3, -0.25) is 4.79 Å². The van der Waals surface area contributed by atoms with Gasteiger partial charge >= 0.3 is 0 Å². The van der Waals surface area contributed by atoms with Crippen LogP contribution in [-0.4, -0.2) is 6.29 Å². The summed E-state index contributed by atoms with van der Waals surface area (Å²) in [6.45, 7) is 4.04. The number of halogens is 1.